The molecule has 1 aliphatic carbocycles. The topological polar surface area (TPSA) is 84.9 Å². The Balaban J connectivity index is 2.18. The molecule has 0 atom stereocenters. The molecule has 1 aromatic heterocycles. The minimum absolute atomic E-state index is 0.150. The van der Waals surface area contributed by atoms with Gasteiger partial charge in [0.2, 0.25) is 5.95 Å². The Morgan fingerprint density at radius 1 is 1.22 bits per heavy atom. The standard InChI is InChI=1S/C13H14N4O/c1-7-11(16-17-13(14)15-7)10-6-5-8-3-2-4-9(8)12(10)18/h5-6,18H,2-4H2,1H3,(H2,14,15,17). The van der Waals surface area contributed by atoms with Crippen LogP contribution in [-0.2, 0) is 12.8 Å². The van der Waals surface area contributed by atoms with Crippen LogP contribution in [0.3, 0.4) is 0 Å². The van der Waals surface area contributed by atoms with Gasteiger partial charge in [-0.1, -0.05) is 6.07 Å². The number of phenols is 1. The van der Waals surface area contributed by atoms with E-state index in [1.165, 1.54) is 5.56 Å². The molecule has 3 rings (SSSR count). The smallest absolute Gasteiger partial charge is 0.240 e. The van der Waals surface area contributed by atoms with Crippen molar-refractivity contribution in [2.45, 2.75) is 26.2 Å². The van der Waals surface area contributed by atoms with E-state index in [0.717, 1.165) is 24.8 Å². The maximum absolute atomic E-state index is 10.3. The maximum atomic E-state index is 10.3. The summed E-state index contributed by atoms with van der Waals surface area (Å²) in [7, 11) is 0. The van der Waals surface area contributed by atoms with Crippen molar-refractivity contribution < 1.29 is 5.11 Å². The lowest BCUT2D eigenvalue weighted by atomic mass is 10.0. The number of nitrogen functional groups attached to an aromatic ring is 1. The Bertz CT molecular complexity index is 625. The second-order valence-electron chi connectivity index (χ2n) is 4.56. The minimum Gasteiger partial charge on any atom is -0.507 e. The van der Waals surface area contributed by atoms with Crippen molar-refractivity contribution in [3.8, 4) is 17.0 Å². The Morgan fingerprint density at radius 2 is 2.06 bits per heavy atom. The summed E-state index contributed by atoms with van der Waals surface area (Å²) in [5, 5.41) is 18.1. The Labute approximate surface area is 105 Å². The largest absolute Gasteiger partial charge is 0.507 e. The fourth-order valence-electron chi connectivity index (χ4n) is 2.51. The molecule has 5 heteroatoms. The molecule has 0 aliphatic heterocycles. The zero-order valence-corrected chi connectivity index (χ0v) is 10.1. The number of aromatic hydroxyl groups is 1. The van der Waals surface area contributed by atoms with Gasteiger partial charge in [0.25, 0.3) is 0 Å². The van der Waals surface area contributed by atoms with Gasteiger partial charge in [0.15, 0.2) is 0 Å². The van der Waals surface area contributed by atoms with Crippen LogP contribution in [0.25, 0.3) is 11.3 Å². The van der Waals surface area contributed by atoms with E-state index in [0.29, 0.717) is 22.7 Å². The third kappa shape index (κ3) is 1.59. The fraction of sp³-hybridized carbons (Fsp3) is 0.308. The number of rotatable bonds is 1. The molecule has 2 aromatic rings. The summed E-state index contributed by atoms with van der Waals surface area (Å²) in [5.74, 6) is 0.464. The van der Waals surface area contributed by atoms with E-state index in [1.807, 2.05) is 13.0 Å². The zero-order valence-electron chi connectivity index (χ0n) is 10.1. The van der Waals surface area contributed by atoms with Crippen LogP contribution in [-0.4, -0.2) is 20.3 Å². The normalized spacial score (nSPS) is 13.6. The molecule has 0 saturated carbocycles. The zero-order chi connectivity index (χ0) is 12.7. The fourth-order valence-corrected chi connectivity index (χ4v) is 2.51. The third-order valence-corrected chi connectivity index (χ3v) is 3.39. The monoisotopic (exact) mass is 242 g/mol. The van der Waals surface area contributed by atoms with Crippen molar-refractivity contribution in [1.29, 1.82) is 0 Å². The van der Waals surface area contributed by atoms with Gasteiger partial charge in [0.1, 0.15) is 11.4 Å². The number of hydrogen-bond donors (Lipinski definition) is 2. The SMILES string of the molecule is Cc1nc(N)nnc1-c1ccc2c(c1O)CCC2. The molecule has 0 radical (unpaired) electrons. The molecule has 0 unspecified atom stereocenters. The van der Waals surface area contributed by atoms with Crippen LogP contribution in [0, 0.1) is 6.92 Å². The maximum Gasteiger partial charge on any atom is 0.240 e. The second-order valence-corrected chi connectivity index (χ2v) is 4.56. The average molecular weight is 242 g/mol. The number of nitrogens with two attached hydrogens (primary N) is 1. The first-order valence-electron chi connectivity index (χ1n) is 5.97. The van der Waals surface area contributed by atoms with E-state index >= 15 is 0 Å². The van der Waals surface area contributed by atoms with Gasteiger partial charge < -0.3 is 10.8 Å². The first-order chi connectivity index (χ1) is 8.66. The van der Waals surface area contributed by atoms with E-state index in [4.69, 9.17) is 5.73 Å². The van der Waals surface area contributed by atoms with Gasteiger partial charge in [0.05, 0.1) is 5.69 Å². The average Bonchev–Trinajstić information content (AvgIpc) is 2.80. The van der Waals surface area contributed by atoms with Gasteiger partial charge in [-0.15, -0.1) is 10.2 Å². The van der Waals surface area contributed by atoms with Crippen LogP contribution in [0.4, 0.5) is 5.95 Å². The first-order valence-corrected chi connectivity index (χ1v) is 5.97. The number of hydrogen-bond acceptors (Lipinski definition) is 5. The molecule has 1 aromatic carbocycles. The Hall–Kier alpha value is -2.17. The van der Waals surface area contributed by atoms with Crippen molar-refractivity contribution in [3.05, 3.63) is 29.0 Å². The van der Waals surface area contributed by atoms with Gasteiger partial charge >= 0.3 is 0 Å². The lowest BCUT2D eigenvalue weighted by molar-refractivity contribution is 0.471. The molecular weight excluding hydrogens is 228 g/mol. The molecule has 5 nitrogen and oxygen atoms in total. The number of aromatic nitrogens is 3. The van der Waals surface area contributed by atoms with Crippen LogP contribution in [0.5, 0.6) is 5.75 Å². The van der Waals surface area contributed by atoms with Crippen LogP contribution in [0.15, 0.2) is 12.1 Å². The number of aryl methyl sites for hydroxylation is 2. The van der Waals surface area contributed by atoms with E-state index < -0.39 is 0 Å². The van der Waals surface area contributed by atoms with Gasteiger partial charge in [-0.3, -0.25) is 0 Å². The van der Waals surface area contributed by atoms with E-state index in [1.54, 1.807) is 0 Å². The summed E-state index contributed by atoms with van der Waals surface area (Å²) in [5.41, 5.74) is 9.71. The van der Waals surface area contributed by atoms with Gasteiger partial charge in [0, 0.05) is 5.56 Å². The molecule has 3 N–H and O–H groups in total. The first kappa shape index (κ1) is 11.0. The predicted octanol–water partition coefficient (Wildman–Crippen LogP) is 1.62. The quantitative estimate of drug-likeness (QED) is 0.793. The van der Waals surface area contributed by atoms with Crippen LogP contribution < -0.4 is 5.73 Å². The summed E-state index contributed by atoms with van der Waals surface area (Å²) >= 11 is 0. The predicted molar refractivity (Wildman–Crippen MR) is 68.1 cm³/mol. The highest BCUT2D eigenvalue weighted by Crippen LogP contribution is 2.38. The minimum atomic E-state index is 0.150. The lowest BCUT2D eigenvalue weighted by Gasteiger charge is -2.10. The molecule has 0 bridgehead atoms. The van der Waals surface area contributed by atoms with E-state index in [2.05, 4.69) is 21.2 Å². The summed E-state index contributed by atoms with van der Waals surface area (Å²) < 4.78 is 0. The highest BCUT2D eigenvalue weighted by molar-refractivity contribution is 5.71. The van der Waals surface area contributed by atoms with Crippen molar-refractivity contribution in [1.82, 2.24) is 15.2 Å². The van der Waals surface area contributed by atoms with Crippen molar-refractivity contribution >= 4 is 5.95 Å². The van der Waals surface area contributed by atoms with Crippen LogP contribution in [0.1, 0.15) is 23.2 Å². The molecule has 0 amide bonds. The molecule has 0 spiro atoms. The highest BCUT2D eigenvalue weighted by atomic mass is 16.3. The molecule has 0 fully saturated rings. The number of phenolic OH excluding ortho intramolecular Hbond substituents is 1. The van der Waals surface area contributed by atoms with Crippen LogP contribution in [0.2, 0.25) is 0 Å². The molecular formula is C13H14N4O. The van der Waals surface area contributed by atoms with E-state index in [9.17, 15) is 5.11 Å². The van der Waals surface area contributed by atoms with Gasteiger partial charge in [-0.25, -0.2) is 4.98 Å². The summed E-state index contributed by atoms with van der Waals surface area (Å²) in [6.07, 6.45) is 3.05. The number of fused-ring (bicyclic) bond motifs is 1. The van der Waals surface area contributed by atoms with Crippen molar-refractivity contribution in [3.63, 3.8) is 0 Å². The molecule has 18 heavy (non-hydrogen) atoms. The Kier molecular flexibility index (Phi) is 2.40. The third-order valence-electron chi connectivity index (χ3n) is 3.39. The van der Waals surface area contributed by atoms with Crippen molar-refractivity contribution in [2.24, 2.45) is 0 Å². The second kappa shape index (κ2) is 3.94. The van der Waals surface area contributed by atoms with Gasteiger partial charge in [-0.2, -0.15) is 0 Å². The molecule has 1 aliphatic rings. The lowest BCUT2D eigenvalue weighted by Crippen LogP contribution is -2.02. The van der Waals surface area contributed by atoms with Gasteiger partial charge in [-0.05, 0) is 43.4 Å². The van der Waals surface area contributed by atoms with E-state index in [-0.39, 0.29) is 5.95 Å². The summed E-state index contributed by atoms with van der Waals surface area (Å²) in [6, 6.07) is 3.93. The highest BCUT2D eigenvalue weighted by Gasteiger charge is 2.20. The summed E-state index contributed by atoms with van der Waals surface area (Å²) in [6.45, 7) is 1.81. The number of nitrogens with zero attached hydrogens (tertiary/aromatic N) is 3. The molecule has 0 saturated heterocycles. The molecule has 92 valence electrons. The number of benzene rings is 1. The number of anilines is 1. The Morgan fingerprint density at radius 3 is 2.83 bits per heavy atom. The van der Waals surface area contributed by atoms with Crippen molar-refractivity contribution in [2.75, 3.05) is 5.73 Å². The molecule has 1 heterocycles. The van der Waals surface area contributed by atoms with Crippen LogP contribution >= 0.6 is 0 Å². The summed E-state index contributed by atoms with van der Waals surface area (Å²) in [4.78, 5) is 4.08.